The molecule has 0 aromatic heterocycles. The van der Waals surface area contributed by atoms with E-state index in [1.54, 1.807) is 65.6 Å². The fourth-order valence-corrected chi connectivity index (χ4v) is 6.73. The van der Waals surface area contributed by atoms with Crippen molar-refractivity contribution in [2.75, 3.05) is 17.2 Å². The Morgan fingerprint density at radius 1 is 0.976 bits per heavy atom. The van der Waals surface area contributed by atoms with Crippen molar-refractivity contribution >= 4 is 46.5 Å². The number of nitrogens with one attached hydrogen (secondary N) is 2. The Morgan fingerprint density at radius 2 is 1.73 bits per heavy atom. The van der Waals surface area contributed by atoms with Crippen LogP contribution in [0.3, 0.4) is 0 Å². The van der Waals surface area contributed by atoms with E-state index < -0.39 is 29.2 Å². The number of benzene rings is 4. The normalized spacial score (nSPS) is 21.2. The van der Waals surface area contributed by atoms with E-state index >= 15 is 0 Å². The predicted molar refractivity (Wildman–Crippen MR) is 157 cm³/mol. The molecule has 41 heavy (non-hydrogen) atoms. The molecule has 2 aliphatic heterocycles. The van der Waals surface area contributed by atoms with E-state index in [1.165, 1.54) is 12.1 Å². The van der Waals surface area contributed by atoms with Gasteiger partial charge in [-0.25, -0.2) is 9.18 Å². The SMILES string of the molecule is N#Cc1cccc(NC(=O)N2CC[C@@H](c3cccc(Cl)c3)[C@]3(C(=O)Nc4cc(Cl)ccc43)[C@H]2c2cccc(F)c2)c1. The van der Waals surface area contributed by atoms with E-state index in [2.05, 4.69) is 16.7 Å². The van der Waals surface area contributed by atoms with Gasteiger partial charge < -0.3 is 15.5 Å². The molecule has 3 amide bonds. The molecule has 0 unspecified atom stereocenters. The van der Waals surface area contributed by atoms with Gasteiger partial charge in [0.05, 0.1) is 17.7 Å². The summed E-state index contributed by atoms with van der Waals surface area (Å²) in [6.45, 7) is 0.264. The third-order valence-corrected chi connectivity index (χ3v) is 8.39. The number of carbonyl (C=O) groups excluding carboxylic acids is 2. The van der Waals surface area contributed by atoms with Gasteiger partial charge in [-0.2, -0.15) is 5.26 Å². The minimum atomic E-state index is -1.34. The molecule has 2 aliphatic rings. The highest BCUT2D eigenvalue weighted by molar-refractivity contribution is 6.31. The molecule has 0 saturated carbocycles. The van der Waals surface area contributed by atoms with E-state index in [4.69, 9.17) is 23.2 Å². The van der Waals surface area contributed by atoms with Crippen molar-refractivity contribution < 1.29 is 14.0 Å². The number of urea groups is 1. The van der Waals surface area contributed by atoms with Crippen molar-refractivity contribution in [2.24, 2.45) is 0 Å². The summed E-state index contributed by atoms with van der Waals surface area (Å²) >= 11 is 12.7. The Labute approximate surface area is 246 Å². The first-order valence-corrected chi connectivity index (χ1v) is 13.8. The topological polar surface area (TPSA) is 85.2 Å². The molecule has 4 aromatic carbocycles. The summed E-state index contributed by atoms with van der Waals surface area (Å²) in [6, 6.07) is 25.8. The van der Waals surface area contributed by atoms with Gasteiger partial charge in [0.1, 0.15) is 11.2 Å². The molecular weight excluding hydrogens is 562 g/mol. The van der Waals surface area contributed by atoms with Gasteiger partial charge in [0, 0.05) is 33.9 Å². The number of hydrogen-bond acceptors (Lipinski definition) is 3. The zero-order chi connectivity index (χ0) is 28.7. The standard InChI is InChI=1S/C32H23Cl2FN4O2/c33-22-7-2-5-20(15-22)26-12-13-39(31(41)37-25-9-1-4-19(14-25)18-36)29(21-6-3-8-24(35)16-21)32(26)27-11-10-23(34)17-28(27)38-30(32)40/h1-11,14-17,26,29H,12-13H2,(H,37,41)(H,38,40)/t26-,29+,32+/m0/s1. The van der Waals surface area contributed by atoms with Gasteiger partial charge in [-0.1, -0.05) is 59.6 Å². The van der Waals surface area contributed by atoms with Crippen molar-refractivity contribution in [1.29, 1.82) is 5.26 Å². The number of anilines is 2. The van der Waals surface area contributed by atoms with E-state index in [9.17, 15) is 19.2 Å². The largest absolute Gasteiger partial charge is 0.325 e. The van der Waals surface area contributed by atoms with Gasteiger partial charge >= 0.3 is 6.03 Å². The van der Waals surface area contributed by atoms with E-state index in [0.29, 0.717) is 44.5 Å². The maximum Gasteiger partial charge on any atom is 0.322 e. The van der Waals surface area contributed by atoms with Crippen molar-refractivity contribution in [3.8, 4) is 6.07 Å². The second-order valence-corrected chi connectivity index (χ2v) is 11.1. The Morgan fingerprint density at radius 3 is 2.51 bits per heavy atom. The van der Waals surface area contributed by atoms with Crippen LogP contribution >= 0.6 is 23.2 Å². The number of likely N-dealkylation sites (tertiary alicyclic amines) is 1. The van der Waals surface area contributed by atoms with Gasteiger partial charge in [-0.05, 0) is 77.7 Å². The molecule has 9 heteroatoms. The predicted octanol–water partition coefficient (Wildman–Crippen LogP) is 7.66. The summed E-state index contributed by atoms with van der Waals surface area (Å²) in [5.74, 6) is -1.22. The molecule has 0 bridgehead atoms. The van der Waals surface area contributed by atoms with Gasteiger partial charge in [0.2, 0.25) is 5.91 Å². The number of amides is 3. The highest BCUT2D eigenvalue weighted by atomic mass is 35.5. The van der Waals surface area contributed by atoms with Crippen LogP contribution in [0, 0.1) is 17.1 Å². The van der Waals surface area contributed by atoms with E-state index in [0.717, 1.165) is 5.56 Å². The fraction of sp³-hybridized carbons (Fsp3) is 0.156. The molecule has 204 valence electrons. The molecule has 3 atom stereocenters. The van der Waals surface area contributed by atoms with Crippen LogP contribution in [-0.4, -0.2) is 23.4 Å². The molecule has 1 saturated heterocycles. The van der Waals surface area contributed by atoms with Crippen LogP contribution in [0.2, 0.25) is 10.0 Å². The lowest BCUT2D eigenvalue weighted by atomic mass is 9.59. The second kappa shape index (κ2) is 10.5. The summed E-state index contributed by atoms with van der Waals surface area (Å²) in [7, 11) is 0. The van der Waals surface area contributed by atoms with Crippen molar-refractivity contribution in [3.05, 3.63) is 129 Å². The van der Waals surface area contributed by atoms with E-state index in [-0.39, 0.29) is 12.5 Å². The lowest BCUT2D eigenvalue weighted by Gasteiger charge is -2.51. The van der Waals surface area contributed by atoms with Crippen LogP contribution in [0.5, 0.6) is 0 Å². The zero-order valence-corrected chi connectivity index (χ0v) is 23.1. The van der Waals surface area contributed by atoms with E-state index in [1.807, 2.05) is 18.2 Å². The summed E-state index contributed by atoms with van der Waals surface area (Å²) in [5, 5.41) is 16.2. The minimum absolute atomic E-state index is 0.264. The molecule has 6 rings (SSSR count). The molecule has 4 aromatic rings. The molecule has 1 fully saturated rings. The average molecular weight is 585 g/mol. The van der Waals surface area contributed by atoms with Gasteiger partial charge in [-0.3, -0.25) is 4.79 Å². The van der Waals surface area contributed by atoms with Gasteiger partial charge in [0.25, 0.3) is 0 Å². The number of nitrogens with zero attached hydrogens (tertiary/aromatic N) is 2. The number of nitriles is 1. The van der Waals surface area contributed by atoms with Gasteiger partial charge in [0.15, 0.2) is 0 Å². The van der Waals surface area contributed by atoms with Crippen LogP contribution in [0.25, 0.3) is 0 Å². The second-order valence-electron chi connectivity index (χ2n) is 10.2. The molecule has 0 aliphatic carbocycles. The minimum Gasteiger partial charge on any atom is -0.325 e. The van der Waals surface area contributed by atoms with Crippen LogP contribution in [0.1, 0.15) is 40.6 Å². The maximum atomic E-state index is 14.8. The van der Waals surface area contributed by atoms with Crippen LogP contribution in [0.4, 0.5) is 20.6 Å². The number of piperidine rings is 1. The van der Waals surface area contributed by atoms with Crippen LogP contribution < -0.4 is 10.6 Å². The average Bonchev–Trinajstić information content (AvgIpc) is 3.23. The lowest BCUT2D eigenvalue weighted by molar-refractivity contribution is -0.125. The lowest BCUT2D eigenvalue weighted by Crippen LogP contribution is -2.58. The first-order valence-electron chi connectivity index (χ1n) is 13.0. The third-order valence-electron chi connectivity index (χ3n) is 7.92. The fourth-order valence-electron chi connectivity index (χ4n) is 6.36. The van der Waals surface area contributed by atoms with Gasteiger partial charge in [-0.15, -0.1) is 0 Å². The smallest absolute Gasteiger partial charge is 0.322 e. The summed E-state index contributed by atoms with van der Waals surface area (Å²) in [4.78, 5) is 30.0. The maximum absolute atomic E-state index is 14.8. The van der Waals surface area contributed by atoms with Crippen molar-refractivity contribution in [3.63, 3.8) is 0 Å². The quantitative estimate of drug-likeness (QED) is 0.259. The Hall–Kier alpha value is -4.38. The molecule has 0 radical (unpaired) electrons. The van der Waals surface area contributed by atoms with Crippen LogP contribution in [0.15, 0.2) is 91.0 Å². The van der Waals surface area contributed by atoms with Crippen LogP contribution in [-0.2, 0) is 10.2 Å². The van der Waals surface area contributed by atoms with Crippen molar-refractivity contribution in [1.82, 2.24) is 4.90 Å². The third kappa shape index (κ3) is 4.59. The molecule has 2 N–H and O–H groups in total. The molecular formula is C32H23Cl2FN4O2. The molecule has 2 heterocycles. The number of fused-ring (bicyclic) bond motifs is 2. The highest BCUT2D eigenvalue weighted by Gasteiger charge is 2.62. The Balaban J connectivity index is 1.57. The Kier molecular flexibility index (Phi) is 6.90. The number of hydrogen-bond donors (Lipinski definition) is 2. The first-order chi connectivity index (χ1) is 19.8. The summed E-state index contributed by atoms with van der Waals surface area (Å²) in [6.07, 6.45) is 0.424. The molecule has 1 spiro atoms. The summed E-state index contributed by atoms with van der Waals surface area (Å²) in [5.41, 5.74) is 1.98. The monoisotopic (exact) mass is 584 g/mol. The molecule has 6 nitrogen and oxygen atoms in total. The zero-order valence-electron chi connectivity index (χ0n) is 21.6. The first kappa shape index (κ1) is 26.8. The number of halogens is 3. The highest BCUT2D eigenvalue weighted by Crippen LogP contribution is 2.60. The summed E-state index contributed by atoms with van der Waals surface area (Å²) < 4.78 is 14.8. The number of rotatable bonds is 3. The number of carbonyl (C=O) groups is 2. The van der Waals surface area contributed by atoms with Crippen molar-refractivity contribution in [2.45, 2.75) is 23.8 Å². The Bertz CT molecular complexity index is 1740.